The summed E-state index contributed by atoms with van der Waals surface area (Å²) in [5.41, 5.74) is 2.23. The highest BCUT2D eigenvalue weighted by Gasteiger charge is 2.18. The fraction of sp³-hybridized carbons (Fsp3) is 0.280. The first-order chi connectivity index (χ1) is 15.1. The van der Waals surface area contributed by atoms with E-state index in [2.05, 4.69) is 22.8 Å². The maximum Gasteiger partial charge on any atom is 0.234 e. The molecule has 5 nitrogen and oxygen atoms in total. The van der Waals surface area contributed by atoms with Crippen LogP contribution in [0.1, 0.15) is 29.0 Å². The van der Waals surface area contributed by atoms with E-state index >= 15 is 0 Å². The van der Waals surface area contributed by atoms with Gasteiger partial charge in [0.05, 0.1) is 25.7 Å². The summed E-state index contributed by atoms with van der Waals surface area (Å²) >= 11 is 1.61. The molecule has 0 aliphatic carbocycles. The number of amides is 2. The summed E-state index contributed by atoms with van der Waals surface area (Å²) < 4.78 is 0. The maximum atomic E-state index is 12.8. The van der Waals surface area contributed by atoms with Crippen molar-refractivity contribution < 1.29 is 9.59 Å². The second kappa shape index (κ2) is 12.0. The van der Waals surface area contributed by atoms with Crippen molar-refractivity contribution in [1.29, 1.82) is 0 Å². The lowest BCUT2D eigenvalue weighted by molar-refractivity contribution is -0.125. The lowest BCUT2D eigenvalue weighted by Gasteiger charge is -2.23. The van der Waals surface area contributed by atoms with E-state index in [1.807, 2.05) is 77.9 Å². The Balaban J connectivity index is 1.56. The Morgan fingerprint density at radius 1 is 0.903 bits per heavy atom. The van der Waals surface area contributed by atoms with Crippen LogP contribution in [0, 0.1) is 0 Å². The predicted octanol–water partition coefficient (Wildman–Crippen LogP) is 3.79. The Labute approximate surface area is 188 Å². The Morgan fingerprint density at radius 2 is 1.58 bits per heavy atom. The van der Waals surface area contributed by atoms with Crippen LogP contribution < -0.4 is 10.6 Å². The molecular weight excluding hydrogens is 406 g/mol. The summed E-state index contributed by atoms with van der Waals surface area (Å²) in [6.07, 6.45) is 0.712. The third kappa shape index (κ3) is 7.66. The van der Waals surface area contributed by atoms with Crippen LogP contribution in [0.4, 0.5) is 0 Å². The molecule has 0 radical (unpaired) electrons. The van der Waals surface area contributed by atoms with Crippen LogP contribution in [-0.2, 0) is 22.6 Å². The van der Waals surface area contributed by atoms with Crippen molar-refractivity contribution in [2.75, 3.05) is 19.6 Å². The van der Waals surface area contributed by atoms with Crippen LogP contribution in [-0.4, -0.2) is 36.3 Å². The van der Waals surface area contributed by atoms with Crippen LogP contribution in [0.15, 0.2) is 78.2 Å². The number of nitrogens with one attached hydrogen (secondary N) is 2. The molecule has 2 N–H and O–H groups in total. The minimum Gasteiger partial charge on any atom is -0.350 e. The minimum atomic E-state index is -0.123. The molecule has 2 aromatic carbocycles. The SMILES string of the molecule is CCN(CC(=O)NCc1cccs1)CC(=O)NC(Cc1ccccc1)c1ccccc1. The number of hydrogen-bond donors (Lipinski definition) is 2. The second-order valence-electron chi connectivity index (χ2n) is 7.38. The fourth-order valence-corrected chi connectivity index (χ4v) is 4.01. The van der Waals surface area contributed by atoms with E-state index in [1.165, 1.54) is 0 Å². The molecule has 0 aliphatic heterocycles. The predicted molar refractivity (Wildman–Crippen MR) is 126 cm³/mol. The molecule has 31 heavy (non-hydrogen) atoms. The first kappa shape index (κ1) is 22.7. The molecular formula is C25H29N3O2S. The van der Waals surface area contributed by atoms with E-state index in [-0.39, 0.29) is 30.9 Å². The molecule has 0 bridgehead atoms. The highest BCUT2D eigenvalue weighted by Crippen LogP contribution is 2.18. The molecule has 1 heterocycles. The average Bonchev–Trinajstić information content (AvgIpc) is 3.32. The normalized spacial score (nSPS) is 11.8. The van der Waals surface area contributed by atoms with Crippen molar-refractivity contribution >= 4 is 23.2 Å². The van der Waals surface area contributed by atoms with Crippen LogP contribution in [0.3, 0.4) is 0 Å². The lowest BCUT2D eigenvalue weighted by atomic mass is 9.99. The van der Waals surface area contributed by atoms with E-state index in [1.54, 1.807) is 11.3 Å². The fourth-order valence-electron chi connectivity index (χ4n) is 3.37. The quantitative estimate of drug-likeness (QED) is 0.482. The zero-order valence-corrected chi connectivity index (χ0v) is 18.6. The standard InChI is InChI=1S/C25H29N3O2S/c1-2-28(18-24(29)26-17-22-14-9-15-31-22)19-25(30)27-23(21-12-7-4-8-13-21)16-20-10-5-3-6-11-20/h3-15,23H,2,16-19H2,1H3,(H,26,29)(H,27,30). The number of likely N-dealkylation sites (N-methyl/N-ethyl adjacent to an activating group) is 1. The number of rotatable bonds is 11. The Kier molecular flexibility index (Phi) is 8.82. The number of nitrogens with zero attached hydrogens (tertiary/aromatic N) is 1. The van der Waals surface area contributed by atoms with Crippen molar-refractivity contribution in [1.82, 2.24) is 15.5 Å². The number of carbonyl (C=O) groups excluding carboxylic acids is 2. The molecule has 3 rings (SSSR count). The van der Waals surface area contributed by atoms with Gasteiger partial charge in [-0.2, -0.15) is 0 Å². The minimum absolute atomic E-state index is 0.0769. The summed E-state index contributed by atoms with van der Waals surface area (Å²) in [7, 11) is 0. The molecule has 1 unspecified atom stereocenters. The molecule has 0 saturated heterocycles. The molecule has 0 aliphatic rings. The van der Waals surface area contributed by atoms with Gasteiger partial charge in [-0.15, -0.1) is 11.3 Å². The van der Waals surface area contributed by atoms with Crippen molar-refractivity contribution in [3.8, 4) is 0 Å². The van der Waals surface area contributed by atoms with E-state index in [9.17, 15) is 9.59 Å². The van der Waals surface area contributed by atoms with Crippen molar-refractivity contribution in [3.05, 3.63) is 94.2 Å². The van der Waals surface area contributed by atoms with Crippen LogP contribution in [0.5, 0.6) is 0 Å². The van der Waals surface area contributed by atoms with Crippen molar-refractivity contribution in [3.63, 3.8) is 0 Å². The number of hydrogen-bond acceptors (Lipinski definition) is 4. The van der Waals surface area contributed by atoms with Crippen LogP contribution in [0.2, 0.25) is 0 Å². The van der Waals surface area contributed by atoms with Gasteiger partial charge in [0.2, 0.25) is 11.8 Å². The number of carbonyl (C=O) groups is 2. The van der Waals surface area contributed by atoms with Gasteiger partial charge in [0, 0.05) is 4.88 Å². The molecule has 2 amide bonds. The zero-order chi connectivity index (χ0) is 21.9. The van der Waals surface area contributed by atoms with Crippen LogP contribution in [0.25, 0.3) is 0 Å². The molecule has 0 spiro atoms. The zero-order valence-electron chi connectivity index (χ0n) is 17.8. The summed E-state index contributed by atoms with van der Waals surface area (Å²) in [6.45, 7) is 3.48. The summed E-state index contributed by atoms with van der Waals surface area (Å²) in [5, 5.41) is 8.07. The van der Waals surface area contributed by atoms with Gasteiger partial charge < -0.3 is 10.6 Å². The number of thiophene rings is 1. The summed E-state index contributed by atoms with van der Waals surface area (Å²) in [4.78, 5) is 28.1. The van der Waals surface area contributed by atoms with E-state index < -0.39 is 0 Å². The monoisotopic (exact) mass is 435 g/mol. The second-order valence-corrected chi connectivity index (χ2v) is 8.41. The van der Waals surface area contributed by atoms with Gasteiger partial charge in [-0.05, 0) is 35.5 Å². The van der Waals surface area contributed by atoms with Gasteiger partial charge >= 0.3 is 0 Å². The maximum absolute atomic E-state index is 12.8. The first-order valence-corrected chi connectivity index (χ1v) is 11.4. The van der Waals surface area contributed by atoms with E-state index in [0.29, 0.717) is 19.5 Å². The van der Waals surface area contributed by atoms with Crippen LogP contribution >= 0.6 is 11.3 Å². The van der Waals surface area contributed by atoms with Crippen molar-refractivity contribution in [2.45, 2.75) is 25.9 Å². The average molecular weight is 436 g/mol. The molecule has 3 aromatic rings. The molecule has 0 saturated carbocycles. The third-order valence-corrected chi connectivity index (χ3v) is 5.92. The highest BCUT2D eigenvalue weighted by molar-refractivity contribution is 7.09. The van der Waals surface area contributed by atoms with Gasteiger partial charge in [0.15, 0.2) is 0 Å². The Morgan fingerprint density at radius 3 is 2.23 bits per heavy atom. The molecule has 1 atom stereocenters. The van der Waals surface area contributed by atoms with Gasteiger partial charge in [-0.1, -0.05) is 73.7 Å². The first-order valence-electron chi connectivity index (χ1n) is 10.5. The van der Waals surface area contributed by atoms with E-state index in [4.69, 9.17) is 0 Å². The van der Waals surface area contributed by atoms with Gasteiger partial charge in [0.1, 0.15) is 0 Å². The lowest BCUT2D eigenvalue weighted by Crippen LogP contribution is -2.43. The number of benzene rings is 2. The highest BCUT2D eigenvalue weighted by atomic mass is 32.1. The van der Waals surface area contributed by atoms with Gasteiger partial charge in [-0.3, -0.25) is 14.5 Å². The van der Waals surface area contributed by atoms with E-state index in [0.717, 1.165) is 16.0 Å². The summed E-state index contributed by atoms with van der Waals surface area (Å²) in [5.74, 6) is -0.162. The smallest absolute Gasteiger partial charge is 0.234 e. The summed E-state index contributed by atoms with van der Waals surface area (Å²) in [6, 6.07) is 24.0. The largest absolute Gasteiger partial charge is 0.350 e. The topological polar surface area (TPSA) is 61.4 Å². The third-order valence-electron chi connectivity index (χ3n) is 5.04. The molecule has 0 fully saturated rings. The molecule has 162 valence electrons. The van der Waals surface area contributed by atoms with Gasteiger partial charge in [-0.25, -0.2) is 0 Å². The van der Waals surface area contributed by atoms with Crippen molar-refractivity contribution in [2.24, 2.45) is 0 Å². The Hall–Kier alpha value is -2.96. The molecule has 1 aromatic heterocycles. The Bertz CT molecular complexity index is 930. The molecule has 6 heteroatoms. The van der Waals surface area contributed by atoms with Gasteiger partial charge in [0.25, 0.3) is 0 Å².